The molecule has 2 nitrogen and oxygen atoms in total. The molecule has 0 atom stereocenters. The average molecular weight is 841 g/mol. The molecule has 0 unspecified atom stereocenters. The van der Waals surface area contributed by atoms with Gasteiger partial charge in [0.15, 0.2) is 0 Å². The van der Waals surface area contributed by atoms with E-state index in [0.29, 0.717) is 0 Å². The first kappa shape index (κ1) is 38.9. The zero-order chi connectivity index (χ0) is 43.8. The highest BCUT2D eigenvalue weighted by Crippen LogP contribution is 2.42. The lowest BCUT2D eigenvalue weighted by Gasteiger charge is -2.27. The number of para-hydroxylation sites is 3. The molecule has 310 valence electrons. The molecule has 0 aliphatic rings. The molecule has 12 rings (SSSR count). The molecule has 0 spiro atoms. The van der Waals surface area contributed by atoms with Gasteiger partial charge in [0.1, 0.15) is 0 Å². The fourth-order valence-electron chi connectivity index (χ4n) is 9.80. The Morgan fingerprint density at radius 2 is 0.712 bits per heavy atom. The van der Waals surface area contributed by atoms with Crippen LogP contribution in [0.5, 0.6) is 0 Å². The fraction of sp³-hybridized carbons (Fsp3) is 0. The van der Waals surface area contributed by atoms with E-state index in [0.717, 1.165) is 33.9 Å². The molecule has 0 fully saturated rings. The smallest absolute Gasteiger partial charge is 0.0541 e. The van der Waals surface area contributed by atoms with Gasteiger partial charge in [0.25, 0.3) is 0 Å². The topological polar surface area (TPSA) is 8.17 Å². The maximum Gasteiger partial charge on any atom is 0.0541 e. The van der Waals surface area contributed by atoms with Crippen LogP contribution in [-0.4, -0.2) is 4.57 Å². The minimum Gasteiger partial charge on any atom is -0.310 e. The molecule has 66 heavy (non-hydrogen) atoms. The van der Waals surface area contributed by atoms with Gasteiger partial charge in [0, 0.05) is 33.4 Å². The molecule has 2 heteroatoms. The monoisotopic (exact) mass is 840 g/mol. The van der Waals surface area contributed by atoms with Crippen LogP contribution < -0.4 is 4.90 Å². The highest BCUT2D eigenvalue weighted by atomic mass is 15.1. The molecule has 0 aliphatic heterocycles. The molecule has 0 amide bonds. The Morgan fingerprint density at radius 3 is 1.42 bits per heavy atom. The van der Waals surface area contributed by atoms with Gasteiger partial charge in [-0.15, -0.1) is 0 Å². The minimum absolute atomic E-state index is 1.08. The van der Waals surface area contributed by atoms with Crippen LogP contribution in [-0.2, 0) is 0 Å². The van der Waals surface area contributed by atoms with Gasteiger partial charge in [-0.1, -0.05) is 200 Å². The summed E-state index contributed by atoms with van der Waals surface area (Å²) in [4.78, 5) is 2.38. The van der Waals surface area contributed by atoms with Crippen LogP contribution in [0.4, 0.5) is 17.1 Å². The molecule has 0 saturated carbocycles. The Labute approximate surface area is 385 Å². The van der Waals surface area contributed by atoms with E-state index in [1.54, 1.807) is 0 Å². The zero-order valence-electron chi connectivity index (χ0n) is 36.3. The van der Waals surface area contributed by atoms with Gasteiger partial charge in [0.2, 0.25) is 0 Å². The van der Waals surface area contributed by atoms with Crippen molar-refractivity contribution in [3.8, 4) is 61.3 Å². The van der Waals surface area contributed by atoms with E-state index in [4.69, 9.17) is 0 Å². The maximum atomic E-state index is 2.41. The summed E-state index contributed by atoms with van der Waals surface area (Å²) in [5, 5.41) is 5.01. The van der Waals surface area contributed by atoms with Crippen molar-refractivity contribution in [1.29, 1.82) is 0 Å². The van der Waals surface area contributed by atoms with Crippen molar-refractivity contribution in [2.75, 3.05) is 4.90 Å². The summed E-state index contributed by atoms with van der Waals surface area (Å²) in [6, 6.07) is 96.8. The summed E-state index contributed by atoms with van der Waals surface area (Å²) < 4.78 is 2.41. The lowest BCUT2D eigenvalue weighted by atomic mass is 9.94. The van der Waals surface area contributed by atoms with E-state index in [1.807, 2.05) is 0 Å². The predicted molar refractivity (Wildman–Crippen MR) is 280 cm³/mol. The largest absolute Gasteiger partial charge is 0.310 e. The predicted octanol–water partition coefficient (Wildman–Crippen LogP) is 17.7. The summed E-state index contributed by atoms with van der Waals surface area (Å²) in [5.41, 5.74) is 18.7. The second kappa shape index (κ2) is 16.8. The average Bonchev–Trinajstić information content (AvgIpc) is 3.73. The molecule has 11 aromatic carbocycles. The lowest BCUT2D eigenvalue weighted by Crippen LogP contribution is -2.10. The van der Waals surface area contributed by atoms with Crippen LogP contribution in [0.25, 0.3) is 93.9 Å². The van der Waals surface area contributed by atoms with Crippen LogP contribution in [0, 0.1) is 0 Å². The fourth-order valence-corrected chi connectivity index (χ4v) is 9.80. The summed E-state index contributed by atoms with van der Waals surface area (Å²) in [6.07, 6.45) is 0. The quantitative estimate of drug-likeness (QED) is 0.141. The van der Waals surface area contributed by atoms with E-state index < -0.39 is 0 Å². The van der Waals surface area contributed by atoms with Crippen LogP contribution in [0.2, 0.25) is 0 Å². The normalized spacial score (nSPS) is 11.3. The first-order valence-electron chi connectivity index (χ1n) is 22.7. The number of hydrogen-bond acceptors (Lipinski definition) is 1. The van der Waals surface area contributed by atoms with Crippen LogP contribution in [0.3, 0.4) is 0 Å². The Hall–Kier alpha value is -8.72. The number of hydrogen-bond donors (Lipinski definition) is 0. The van der Waals surface area contributed by atoms with Crippen LogP contribution in [0.15, 0.2) is 267 Å². The van der Waals surface area contributed by atoms with Gasteiger partial charge in [-0.2, -0.15) is 0 Å². The Balaban J connectivity index is 0.948. The van der Waals surface area contributed by atoms with E-state index in [2.05, 4.69) is 276 Å². The number of nitrogens with zero attached hydrogens (tertiary/aromatic N) is 2. The van der Waals surface area contributed by atoms with Crippen molar-refractivity contribution in [2.45, 2.75) is 0 Å². The van der Waals surface area contributed by atoms with Crippen molar-refractivity contribution in [3.63, 3.8) is 0 Å². The molecule has 0 saturated heterocycles. The molecule has 1 aromatic heterocycles. The molecule has 0 bridgehead atoms. The third-order valence-electron chi connectivity index (χ3n) is 13.0. The van der Waals surface area contributed by atoms with E-state index in [-0.39, 0.29) is 0 Å². The number of anilines is 3. The summed E-state index contributed by atoms with van der Waals surface area (Å²) in [5.74, 6) is 0. The van der Waals surface area contributed by atoms with Gasteiger partial charge in [-0.3, -0.25) is 0 Å². The van der Waals surface area contributed by atoms with Gasteiger partial charge < -0.3 is 9.47 Å². The Kier molecular flexibility index (Phi) is 9.89. The number of aromatic nitrogens is 1. The molecule has 12 aromatic rings. The van der Waals surface area contributed by atoms with Crippen LogP contribution >= 0.6 is 0 Å². The third kappa shape index (κ3) is 7.12. The van der Waals surface area contributed by atoms with Crippen molar-refractivity contribution in [2.24, 2.45) is 0 Å². The van der Waals surface area contributed by atoms with E-state index >= 15 is 0 Å². The van der Waals surface area contributed by atoms with Gasteiger partial charge >= 0.3 is 0 Å². The maximum absolute atomic E-state index is 2.41. The standard InChI is InChI=1S/C64H44N2/c1-2-17-47(18-3-1)57-24-6-7-25-58(57)53-22-15-23-56(44-53)65(54-38-34-46(35-39-54)50-20-14-21-51(42-50)52-33-32-45-16-4-5-19-49(45)43-52)55-40-36-48(37-41-55)59-26-8-11-29-62(59)66-63-30-12-9-27-60(63)61-28-10-13-31-64(61)66/h1-44H. The zero-order valence-corrected chi connectivity index (χ0v) is 36.3. The molecule has 0 radical (unpaired) electrons. The summed E-state index contributed by atoms with van der Waals surface area (Å²) in [6.45, 7) is 0. The number of fused-ring (bicyclic) bond motifs is 4. The number of rotatable bonds is 9. The molecular formula is C64H44N2. The van der Waals surface area contributed by atoms with Crippen molar-refractivity contribution in [3.05, 3.63) is 267 Å². The number of benzene rings is 11. The Morgan fingerprint density at radius 1 is 0.242 bits per heavy atom. The Bertz CT molecular complexity index is 3640. The molecule has 0 aliphatic carbocycles. The van der Waals surface area contributed by atoms with Crippen molar-refractivity contribution < 1.29 is 0 Å². The van der Waals surface area contributed by atoms with Crippen LogP contribution in [0.1, 0.15) is 0 Å². The third-order valence-corrected chi connectivity index (χ3v) is 13.0. The van der Waals surface area contributed by atoms with Gasteiger partial charge in [-0.25, -0.2) is 0 Å². The van der Waals surface area contributed by atoms with Gasteiger partial charge in [-0.05, 0) is 128 Å². The molecular weight excluding hydrogens is 797 g/mol. The lowest BCUT2D eigenvalue weighted by molar-refractivity contribution is 1.18. The highest BCUT2D eigenvalue weighted by molar-refractivity contribution is 6.09. The summed E-state index contributed by atoms with van der Waals surface area (Å²) >= 11 is 0. The van der Waals surface area contributed by atoms with Gasteiger partial charge in [0.05, 0.1) is 16.7 Å². The molecule has 1 heterocycles. The van der Waals surface area contributed by atoms with Crippen molar-refractivity contribution >= 4 is 49.6 Å². The van der Waals surface area contributed by atoms with E-state index in [9.17, 15) is 0 Å². The van der Waals surface area contributed by atoms with Crippen molar-refractivity contribution in [1.82, 2.24) is 4.57 Å². The second-order valence-corrected chi connectivity index (χ2v) is 16.9. The summed E-state index contributed by atoms with van der Waals surface area (Å²) in [7, 11) is 0. The SMILES string of the molecule is c1ccc(-c2ccccc2-c2cccc(N(c3ccc(-c4cccc(-c5ccc6ccccc6c5)c4)cc3)c3ccc(-c4ccccc4-n4c5ccccc5c5ccccc54)cc3)c2)cc1. The molecule has 0 N–H and O–H groups in total. The first-order valence-corrected chi connectivity index (χ1v) is 22.7. The highest BCUT2D eigenvalue weighted by Gasteiger charge is 2.18. The van der Waals surface area contributed by atoms with E-state index in [1.165, 1.54) is 77.1 Å². The second-order valence-electron chi connectivity index (χ2n) is 16.9. The minimum atomic E-state index is 1.08. The first-order chi connectivity index (χ1) is 32.7.